The highest BCUT2D eigenvalue weighted by atomic mass is 19.1. The second kappa shape index (κ2) is 7.33. The molecule has 1 aromatic rings. The summed E-state index contributed by atoms with van der Waals surface area (Å²) in [6, 6.07) is 2.81. The number of nitrogens with zero attached hydrogens (tertiary/aromatic N) is 1. The minimum absolute atomic E-state index is 0.0503. The van der Waals surface area contributed by atoms with E-state index in [1.807, 2.05) is 0 Å². The Hall–Kier alpha value is -1.73. The first-order valence-corrected chi connectivity index (χ1v) is 6.64. The number of hydrogen-bond acceptors (Lipinski definition) is 5. The van der Waals surface area contributed by atoms with Crippen molar-refractivity contribution in [3.63, 3.8) is 0 Å². The van der Waals surface area contributed by atoms with Gasteiger partial charge in [0.05, 0.1) is 6.10 Å². The second-order valence-corrected chi connectivity index (χ2v) is 5.61. The number of aliphatic hydroxyl groups is 2. The number of pyridine rings is 1. The largest absolute Gasteiger partial charge is 0.444 e. The van der Waals surface area contributed by atoms with Crippen molar-refractivity contribution in [3.8, 4) is 0 Å². The van der Waals surface area contributed by atoms with Crippen molar-refractivity contribution in [2.24, 2.45) is 0 Å². The standard InChI is InChI=1S/C14H21FN2O4/c1-14(2,3)21-13(20)17-8-6-10(18)11(19)9-5-4-7-16-12(9)15/h4-5,7,10-11,18-19H,6,8H2,1-3H3,(H,17,20). The lowest BCUT2D eigenvalue weighted by atomic mass is 10.0. The molecule has 1 aromatic heterocycles. The van der Waals surface area contributed by atoms with Crippen molar-refractivity contribution in [1.82, 2.24) is 10.3 Å². The van der Waals surface area contributed by atoms with Gasteiger partial charge in [-0.2, -0.15) is 4.39 Å². The first kappa shape index (κ1) is 17.3. The number of amides is 1. The Morgan fingerprint density at radius 3 is 2.71 bits per heavy atom. The van der Waals surface area contributed by atoms with Gasteiger partial charge in [0.2, 0.25) is 5.95 Å². The van der Waals surface area contributed by atoms with Crippen molar-refractivity contribution in [2.75, 3.05) is 6.54 Å². The summed E-state index contributed by atoms with van der Waals surface area (Å²) >= 11 is 0. The van der Waals surface area contributed by atoms with E-state index in [9.17, 15) is 19.4 Å². The summed E-state index contributed by atoms with van der Waals surface area (Å²) in [6.45, 7) is 5.29. The molecule has 1 amide bonds. The molecule has 6 nitrogen and oxygen atoms in total. The molecule has 0 aliphatic heterocycles. The molecule has 0 radical (unpaired) electrons. The van der Waals surface area contributed by atoms with Crippen molar-refractivity contribution in [1.29, 1.82) is 0 Å². The molecular weight excluding hydrogens is 279 g/mol. The average molecular weight is 300 g/mol. The number of alkyl carbamates (subject to hydrolysis) is 1. The molecule has 0 saturated heterocycles. The molecule has 3 N–H and O–H groups in total. The molecule has 2 unspecified atom stereocenters. The third-order valence-electron chi connectivity index (χ3n) is 2.58. The van der Waals surface area contributed by atoms with Gasteiger partial charge in [-0.15, -0.1) is 0 Å². The predicted molar refractivity (Wildman–Crippen MR) is 74.0 cm³/mol. The summed E-state index contributed by atoms with van der Waals surface area (Å²) in [4.78, 5) is 14.8. The first-order valence-electron chi connectivity index (χ1n) is 6.64. The van der Waals surface area contributed by atoms with Gasteiger partial charge < -0.3 is 20.3 Å². The lowest BCUT2D eigenvalue weighted by molar-refractivity contribution is 0.00994. The van der Waals surface area contributed by atoms with E-state index in [4.69, 9.17) is 4.74 Å². The summed E-state index contributed by atoms with van der Waals surface area (Å²) < 4.78 is 18.4. The van der Waals surface area contributed by atoms with Crippen LogP contribution in [0.1, 0.15) is 38.9 Å². The molecule has 0 saturated carbocycles. The molecule has 2 atom stereocenters. The Morgan fingerprint density at radius 1 is 1.48 bits per heavy atom. The van der Waals surface area contributed by atoms with E-state index in [-0.39, 0.29) is 18.5 Å². The summed E-state index contributed by atoms with van der Waals surface area (Å²) in [7, 11) is 0. The van der Waals surface area contributed by atoms with Crippen molar-refractivity contribution < 1.29 is 24.1 Å². The monoisotopic (exact) mass is 300 g/mol. The van der Waals surface area contributed by atoms with E-state index >= 15 is 0 Å². The Labute approximate surface area is 123 Å². The normalized spacial score (nSPS) is 14.4. The molecule has 1 heterocycles. The molecule has 0 fully saturated rings. The zero-order chi connectivity index (χ0) is 16.0. The average Bonchev–Trinajstić information content (AvgIpc) is 2.36. The molecule has 0 aliphatic rings. The number of carbonyl (C=O) groups excluding carboxylic acids is 1. The van der Waals surface area contributed by atoms with Gasteiger partial charge in [-0.3, -0.25) is 0 Å². The van der Waals surface area contributed by atoms with Crippen LogP contribution in [-0.2, 0) is 4.74 Å². The molecular formula is C14H21FN2O4. The van der Waals surface area contributed by atoms with Crippen LogP contribution in [0.2, 0.25) is 0 Å². The molecule has 1 rings (SSSR count). The zero-order valence-corrected chi connectivity index (χ0v) is 12.3. The Balaban J connectivity index is 2.42. The second-order valence-electron chi connectivity index (χ2n) is 5.61. The zero-order valence-electron chi connectivity index (χ0n) is 12.3. The number of hydrogen-bond donors (Lipinski definition) is 3. The fourth-order valence-electron chi connectivity index (χ4n) is 1.62. The van der Waals surface area contributed by atoms with E-state index in [0.717, 1.165) is 0 Å². The maximum Gasteiger partial charge on any atom is 0.407 e. The molecule has 7 heteroatoms. The smallest absolute Gasteiger partial charge is 0.407 e. The van der Waals surface area contributed by atoms with E-state index in [2.05, 4.69) is 10.3 Å². The maximum absolute atomic E-state index is 13.4. The van der Waals surface area contributed by atoms with E-state index < -0.39 is 29.8 Å². The Morgan fingerprint density at radius 2 is 2.14 bits per heavy atom. The summed E-state index contributed by atoms with van der Waals surface area (Å²) in [5, 5.41) is 22.1. The third-order valence-corrected chi connectivity index (χ3v) is 2.58. The van der Waals surface area contributed by atoms with E-state index in [1.165, 1.54) is 18.3 Å². The van der Waals surface area contributed by atoms with E-state index in [0.29, 0.717) is 0 Å². The Bertz CT molecular complexity index is 476. The van der Waals surface area contributed by atoms with Gasteiger partial charge in [0.1, 0.15) is 11.7 Å². The number of ether oxygens (including phenoxy) is 1. The topological polar surface area (TPSA) is 91.7 Å². The molecule has 0 aromatic carbocycles. The number of rotatable bonds is 5. The van der Waals surface area contributed by atoms with Crippen LogP contribution in [0.4, 0.5) is 9.18 Å². The van der Waals surface area contributed by atoms with Gasteiger partial charge in [-0.25, -0.2) is 9.78 Å². The lowest BCUT2D eigenvalue weighted by Crippen LogP contribution is -2.34. The van der Waals surface area contributed by atoms with Crippen LogP contribution in [0.5, 0.6) is 0 Å². The predicted octanol–water partition coefficient (Wildman–Crippen LogP) is 1.53. The molecule has 21 heavy (non-hydrogen) atoms. The van der Waals surface area contributed by atoms with E-state index in [1.54, 1.807) is 20.8 Å². The van der Waals surface area contributed by atoms with Gasteiger partial charge in [-0.05, 0) is 33.3 Å². The van der Waals surface area contributed by atoms with Crippen LogP contribution < -0.4 is 5.32 Å². The van der Waals surface area contributed by atoms with Crippen LogP contribution in [0.25, 0.3) is 0 Å². The number of carbonyl (C=O) groups is 1. The molecule has 0 aliphatic carbocycles. The number of halogens is 1. The molecule has 118 valence electrons. The van der Waals surface area contributed by atoms with Gasteiger partial charge in [0.15, 0.2) is 0 Å². The molecule has 0 spiro atoms. The minimum Gasteiger partial charge on any atom is -0.444 e. The highest BCUT2D eigenvalue weighted by Gasteiger charge is 2.22. The lowest BCUT2D eigenvalue weighted by Gasteiger charge is -2.21. The van der Waals surface area contributed by atoms with Crippen LogP contribution in [-0.4, -0.2) is 39.5 Å². The van der Waals surface area contributed by atoms with Crippen LogP contribution in [0.3, 0.4) is 0 Å². The number of nitrogens with one attached hydrogen (secondary N) is 1. The quantitative estimate of drug-likeness (QED) is 0.717. The van der Waals surface area contributed by atoms with Crippen LogP contribution >= 0.6 is 0 Å². The van der Waals surface area contributed by atoms with Gasteiger partial charge >= 0.3 is 6.09 Å². The van der Waals surface area contributed by atoms with Crippen molar-refractivity contribution >= 4 is 6.09 Å². The fourth-order valence-corrected chi connectivity index (χ4v) is 1.62. The first-order chi connectivity index (χ1) is 9.70. The van der Waals surface area contributed by atoms with Crippen LogP contribution in [0, 0.1) is 5.95 Å². The number of aromatic nitrogens is 1. The summed E-state index contributed by atoms with van der Waals surface area (Å²) in [5.41, 5.74) is -0.691. The SMILES string of the molecule is CC(C)(C)OC(=O)NCCC(O)C(O)c1cccnc1F. The van der Waals surface area contributed by atoms with Crippen molar-refractivity contribution in [3.05, 3.63) is 29.8 Å². The third kappa shape index (κ3) is 6.05. The number of aliphatic hydroxyl groups excluding tert-OH is 2. The van der Waals surface area contributed by atoms with Gasteiger partial charge in [0, 0.05) is 18.3 Å². The maximum atomic E-state index is 13.4. The molecule has 0 bridgehead atoms. The fraction of sp³-hybridized carbons (Fsp3) is 0.571. The minimum atomic E-state index is -1.40. The summed E-state index contributed by atoms with van der Waals surface area (Å²) in [6.07, 6.45) is -1.94. The highest BCUT2D eigenvalue weighted by Crippen LogP contribution is 2.20. The van der Waals surface area contributed by atoms with Gasteiger partial charge in [-0.1, -0.05) is 6.07 Å². The van der Waals surface area contributed by atoms with Crippen molar-refractivity contribution in [2.45, 2.75) is 45.0 Å². The Kier molecular flexibility index (Phi) is 6.04. The highest BCUT2D eigenvalue weighted by molar-refractivity contribution is 5.67. The van der Waals surface area contributed by atoms with Crippen LogP contribution in [0.15, 0.2) is 18.3 Å². The summed E-state index contributed by atoms with van der Waals surface area (Å²) in [5.74, 6) is -0.829. The van der Waals surface area contributed by atoms with Gasteiger partial charge in [0.25, 0.3) is 0 Å².